The molecule has 0 atom stereocenters. The van der Waals surface area contributed by atoms with Gasteiger partial charge in [0.1, 0.15) is 5.75 Å². The summed E-state index contributed by atoms with van der Waals surface area (Å²) in [6, 6.07) is 9.85. The van der Waals surface area contributed by atoms with Crippen molar-refractivity contribution in [2.24, 2.45) is 0 Å². The SMILES string of the molecule is COC(=O)c1ccc(OC)c(NC(=O)CCc2c(Cl)cccc2Cl)c1. The molecule has 7 heteroatoms. The lowest BCUT2D eigenvalue weighted by Crippen LogP contribution is -2.14. The molecule has 1 N–H and O–H groups in total. The van der Waals surface area contributed by atoms with Crippen LogP contribution >= 0.6 is 23.2 Å². The van der Waals surface area contributed by atoms with Crippen LogP contribution in [0.1, 0.15) is 22.3 Å². The molecule has 0 aliphatic carbocycles. The van der Waals surface area contributed by atoms with Crippen LogP contribution in [0.2, 0.25) is 10.0 Å². The van der Waals surface area contributed by atoms with Gasteiger partial charge in [0.05, 0.1) is 25.5 Å². The number of hydrogen-bond acceptors (Lipinski definition) is 4. The van der Waals surface area contributed by atoms with Crippen molar-refractivity contribution < 1.29 is 19.1 Å². The molecule has 1 amide bonds. The quantitative estimate of drug-likeness (QED) is 0.754. The van der Waals surface area contributed by atoms with Gasteiger partial charge < -0.3 is 14.8 Å². The Hall–Kier alpha value is -2.24. The van der Waals surface area contributed by atoms with Crippen molar-refractivity contribution in [3.63, 3.8) is 0 Å². The van der Waals surface area contributed by atoms with Crippen molar-refractivity contribution >= 4 is 40.8 Å². The third kappa shape index (κ3) is 4.87. The highest BCUT2D eigenvalue weighted by Gasteiger charge is 2.14. The topological polar surface area (TPSA) is 64.6 Å². The molecule has 132 valence electrons. The van der Waals surface area contributed by atoms with E-state index >= 15 is 0 Å². The number of anilines is 1. The predicted octanol–water partition coefficient (Wildman–Crippen LogP) is 4.36. The number of carbonyl (C=O) groups is 2. The standard InChI is InChI=1S/C18H17Cl2NO4/c1-24-16-8-6-11(18(23)25-2)10-15(16)21-17(22)9-7-12-13(19)4-3-5-14(12)20/h3-6,8,10H,7,9H2,1-2H3,(H,21,22). The van der Waals surface area contributed by atoms with E-state index in [0.717, 1.165) is 5.56 Å². The summed E-state index contributed by atoms with van der Waals surface area (Å²) in [6.45, 7) is 0. The monoisotopic (exact) mass is 381 g/mol. The molecule has 2 rings (SSSR count). The first-order valence-corrected chi connectivity index (χ1v) is 8.21. The summed E-state index contributed by atoms with van der Waals surface area (Å²) in [5, 5.41) is 3.77. The maximum Gasteiger partial charge on any atom is 0.337 e. The summed E-state index contributed by atoms with van der Waals surface area (Å²) in [4.78, 5) is 23.9. The van der Waals surface area contributed by atoms with E-state index in [1.165, 1.54) is 20.3 Å². The third-order valence-electron chi connectivity index (χ3n) is 3.56. The molecule has 0 radical (unpaired) electrons. The van der Waals surface area contributed by atoms with Crippen LogP contribution in [-0.2, 0) is 16.0 Å². The first-order valence-electron chi connectivity index (χ1n) is 7.45. The Bertz CT molecular complexity index is 772. The van der Waals surface area contributed by atoms with E-state index in [4.69, 9.17) is 27.9 Å². The summed E-state index contributed by atoms with van der Waals surface area (Å²) < 4.78 is 9.89. The summed E-state index contributed by atoms with van der Waals surface area (Å²) in [5.74, 6) is -0.311. The van der Waals surface area contributed by atoms with Crippen LogP contribution in [0.15, 0.2) is 36.4 Å². The second kappa shape index (κ2) is 8.74. The lowest BCUT2D eigenvalue weighted by atomic mass is 10.1. The van der Waals surface area contributed by atoms with Crippen molar-refractivity contribution in [1.82, 2.24) is 0 Å². The molecule has 0 bridgehead atoms. The second-order valence-electron chi connectivity index (χ2n) is 5.16. The van der Waals surface area contributed by atoms with Gasteiger partial charge >= 0.3 is 5.97 Å². The van der Waals surface area contributed by atoms with E-state index in [-0.39, 0.29) is 12.3 Å². The van der Waals surface area contributed by atoms with Gasteiger partial charge in [-0.25, -0.2) is 4.79 Å². The molecule has 25 heavy (non-hydrogen) atoms. The molecule has 0 spiro atoms. The van der Waals surface area contributed by atoms with Crippen LogP contribution in [0.25, 0.3) is 0 Å². The fraction of sp³-hybridized carbons (Fsp3) is 0.222. The van der Waals surface area contributed by atoms with Crippen LogP contribution in [0.4, 0.5) is 5.69 Å². The number of nitrogens with one attached hydrogen (secondary N) is 1. The Morgan fingerprint density at radius 1 is 1.08 bits per heavy atom. The van der Waals surface area contributed by atoms with Crippen molar-refractivity contribution in [1.29, 1.82) is 0 Å². The lowest BCUT2D eigenvalue weighted by Gasteiger charge is -2.12. The van der Waals surface area contributed by atoms with Crippen molar-refractivity contribution in [2.75, 3.05) is 19.5 Å². The minimum Gasteiger partial charge on any atom is -0.495 e. The molecule has 0 saturated heterocycles. The molecule has 0 saturated carbocycles. The van der Waals surface area contributed by atoms with Gasteiger partial charge in [-0.1, -0.05) is 29.3 Å². The van der Waals surface area contributed by atoms with Crippen LogP contribution in [0, 0.1) is 0 Å². The number of hydrogen-bond donors (Lipinski definition) is 1. The Labute approximate surface area is 155 Å². The minimum atomic E-state index is -0.499. The van der Waals surface area contributed by atoms with Gasteiger partial charge in [-0.05, 0) is 42.3 Å². The molecule has 0 aliphatic heterocycles. The molecule has 5 nitrogen and oxygen atoms in total. The first kappa shape index (κ1) is 19.1. The molecule has 0 aliphatic rings. The number of rotatable bonds is 6. The van der Waals surface area contributed by atoms with Gasteiger partial charge in [-0.3, -0.25) is 4.79 Å². The number of ether oxygens (including phenoxy) is 2. The van der Waals surface area contributed by atoms with E-state index in [1.54, 1.807) is 30.3 Å². The van der Waals surface area contributed by atoms with Crippen molar-refractivity contribution in [2.45, 2.75) is 12.8 Å². The summed E-state index contributed by atoms with van der Waals surface area (Å²) in [7, 11) is 2.77. The number of benzene rings is 2. The van der Waals surface area contributed by atoms with E-state index in [1.807, 2.05) is 0 Å². The smallest absolute Gasteiger partial charge is 0.337 e. The largest absolute Gasteiger partial charge is 0.495 e. The van der Waals surface area contributed by atoms with E-state index in [2.05, 4.69) is 10.1 Å². The number of methoxy groups -OCH3 is 2. The zero-order chi connectivity index (χ0) is 18.4. The Balaban J connectivity index is 2.10. The number of esters is 1. The lowest BCUT2D eigenvalue weighted by molar-refractivity contribution is -0.116. The fourth-order valence-electron chi connectivity index (χ4n) is 2.27. The van der Waals surface area contributed by atoms with Gasteiger partial charge in [0, 0.05) is 16.5 Å². The average Bonchev–Trinajstić information content (AvgIpc) is 2.60. The molecule has 0 aromatic heterocycles. The van der Waals surface area contributed by atoms with Gasteiger partial charge in [-0.2, -0.15) is 0 Å². The highest BCUT2D eigenvalue weighted by molar-refractivity contribution is 6.36. The number of halogens is 2. The van der Waals surface area contributed by atoms with Crippen molar-refractivity contribution in [3.05, 3.63) is 57.6 Å². The zero-order valence-electron chi connectivity index (χ0n) is 13.8. The Kier molecular flexibility index (Phi) is 6.67. The Morgan fingerprint density at radius 3 is 2.36 bits per heavy atom. The van der Waals surface area contributed by atoms with Gasteiger partial charge in [-0.15, -0.1) is 0 Å². The highest BCUT2D eigenvalue weighted by atomic mass is 35.5. The van der Waals surface area contributed by atoms with Crippen molar-refractivity contribution in [3.8, 4) is 5.75 Å². The molecule has 0 heterocycles. The second-order valence-corrected chi connectivity index (χ2v) is 5.97. The van der Waals surface area contributed by atoms with Gasteiger partial charge in [0.15, 0.2) is 0 Å². The maximum absolute atomic E-state index is 12.3. The summed E-state index contributed by atoms with van der Waals surface area (Å²) in [6.07, 6.45) is 0.568. The normalized spacial score (nSPS) is 10.2. The van der Waals surface area contributed by atoms with E-state index < -0.39 is 5.97 Å². The zero-order valence-corrected chi connectivity index (χ0v) is 15.3. The maximum atomic E-state index is 12.3. The first-order chi connectivity index (χ1) is 12.0. The van der Waals surface area contributed by atoms with Crippen LogP contribution in [0.3, 0.4) is 0 Å². The van der Waals surface area contributed by atoms with Crippen LogP contribution in [0.5, 0.6) is 5.75 Å². The number of amides is 1. The van der Waals surface area contributed by atoms with Crippen LogP contribution in [-0.4, -0.2) is 26.1 Å². The Morgan fingerprint density at radius 2 is 1.76 bits per heavy atom. The van der Waals surface area contributed by atoms with Gasteiger partial charge in [0.25, 0.3) is 0 Å². The molecular formula is C18H17Cl2NO4. The fourth-order valence-corrected chi connectivity index (χ4v) is 2.86. The van der Waals surface area contributed by atoms with Crippen LogP contribution < -0.4 is 10.1 Å². The highest BCUT2D eigenvalue weighted by Crippen LogP contribution is 2.28. The van der Waals surface area contributed by atoms with Gasteiger partial charge in [0.2, 0.25) is 5.91 Å². The third-order valence-corrected chi connectivity index (χ3v) is 4.27. The molecular weight excluding hydrogens is 365 g/mol. The summed E-state index contributed by atoms with van der Waals surface area (Å²) in [5.41, 5.74) is 1.42. The molecule has 2 aromatic rings. The van der Waals surface area contributed by atoms with E-state index in [0.29, 0.717) is 33.5 Å². The number of carbonyl (C=O) groups excluding carboxylic acids is 2. The average molecular weight is 382 g/mol. The molecule has 2 aromatic carbocycles. The predicted molar refractivity (Wildman–Crippen MR) is 97.7 cm³/mol. The minimum absolute atomic E-state index is 0.176. The summed E-state index contributed by atoms with van der Waals surface area (Å²) >= 11 is 12.2. The van der Waals surface area contributed by atoms with E-state index in [9.17, 15) is 9.59 Å². The molecule has 0 fully saturated rings. The molecule has 0 unspecified atom stereocenters.